The first-order chi connectivity index (χ1) is 11.9. The number of nitrogens with one attached hydrogen (secondary N) is 1. The molecule has 0 unspecified atom stereocenters. The lowest BCUT2D eigenvalue weighted by Gasteiger charge is -2.34. The van der Waals surface area contributed by atoms with Gasteiger partial charge in [0, 0.05) is 44.9 Å². The van der Waals surface area contributed by atoms with Crippen LogP contribution in [0.1, 0.15) is 18.4 Å². The van der Waals surface area contributed by atoms with Gasteiger partial charge in [0.1, 0.15) is 0 Å². The Bertz CT molecular complexity index is 684. The zero-order chi connectivity index (χ0) is 18.3. The molecule has 140 valence electrons. The largest absolute Gasteiger partial charge is 0.385 e. The van der Waals surface area contributed by atoms with Crippen LogP contribution >= 0.6 is 11.6 Å². The van der Waals surface area contributed by atoms with Gasteiger partial charge in [-0.2, -0.15) is 17.0 Å². The summed E-state index contributed by atoms with van der Waals surface area (Å²) in [6.45, 7) is 1.80. The Hall–Kier alpha value is -1.19. The molecule has 1 N–H and O–H groups in total. The quantitative estimate of drug-likeness (QED) is 0.678. The molecule has 1 saturated heterocycles. The fraction of sp³-hybridized carbons (Fsp3) is 0.562. The van der Waals surface area contributed by atoms with Crippen LogP contribution < -0.4 is 5.32 Å². The lowest BCUT2D eigenvalue weighted by molar-refractivity contribution is -0.121. The molecule has 0 atom stereocenters. The van der Waals surface area contributed by atoms with Crippen LogP contribution in [0.2, 0.25) is 5.02 Å². The van der Waals surface area contributed by atoms with Crippen LogP contribution in [0.4, 0.5) is 0 Å². The van der Waals surface area contributed by atoms with Crippen LogP contribution in [0.25, 0.3) is 0 Å². The molecule has 1 aromatic carbocycles. The predicted molar refractivity (Wildman–Crippen MR) is 96.5 cm³/mol. The molecule has 9 heteroatoms. The first kappa shape index (κ1) is 20.1. The molecule has 1 aliphatic heterocycles. The topological polar surface area (TPSA) is 79.0 Å². The zero-order valence-electron chi connectivity index (χ0n) is 14.3. The minimum Gasteiger partial charge on any atom is -0.385 e. The fourth-order valence-electron chi connectivity index (χ4n) is 2.62. The highest BCUT2D eigenvalue weighted by molar-refractivity contribution is 7.86. The summed E-state index contributed by atoms with van der Waals surface area (Å²) in [4.78, 5) is 12.0. The monoisotopic (exact) mass is 389 g/mol. The van der Waals surface area contributed by atoms with Gasteiger partial charge in [0.2, 0.25) is 5.91 Å². The van der Waals surface area contributed by atoms with Crippen LogP contribution in [0.15, 0.2) is 24.3 Å². The number of halogens is 1. The van der Waals surface area contributed by atoms with Crippen molar-refractivity contribution in [1.82, 2.24) is 13.9 Å². The molecule has 0 radical (unpaired) electrons. The van der Waals surface area contributed by atoms with E-state index in [0.717, 1.165) is 5.56 Å². The minimum atomic E-state index is -3.69. The molecule has 7 nitrogen and oxygen atoms in total. The van der Waals surface area contributed by atoms with Crippen molar-refractivity contribution in [2.75, 3.05) is 39.9 Å². The number of amides is 1. The van der Waals surface area contributed by atoms with Gasteiger partial charge in [-0.25, -0.2) is 0 Å². The van der Waals surface area contributed by atoms with Gasteiger partial charge in [-0.3, -0.25) is 4.79 Å². The van der Waals surface area contributed by atoms with E-state index >= 15 is 0 Å². The van der Waals surface area contributed by atoms with E-state index in [0.29, 0.717) is 44.1 Å². The third-order valence-electron chi connectivity index (χ3n) is 3.94. The van der Waals surface area contributed by atoms with Crippen molar-refractivity contribution in [2.24, 2.45) is 0 Å². The lowest BCUT2D eigenvalue weighted by atomic mass is 10.2. The van der Waals surface area contributed by atoms with Crippen molar-refractivity contribution in [3.05, 3.63) is 34.9 Å². The smallest absolute Gasteiger partial charge is 0.282 e. The summed E-state index contributed by atoms with van der Waals surface area (Å²) in [5.41, 5.74) is 0.749. The molecule has 1 heterocycles. The van der Waals surface area contributed by atoms with Gasteiger partial charge in [0.15, 0.2) is 0 Å². The van der Waals surface area contributed by atoms with Crippen LogP contribution in [0, 0.1) is 0 Å². The number of methoxy groups -OCH3 is 1. The highest BCUT2D eigenvalue weighted by Crippen LogP contribution is 2.22. The van der Waals surface area contributed by atoms with E-state index in [1.54, 1.807) is 25.3 Å². The molecule has 25 heavy (non-hydrogen) atoms. The molecule has 2 rings (SSSR count). The predicted octanol–water partition coefficient (Wildman–Crippen LogP) is 1.25. The molecular weight excluding hydrogens is 366 g/mol. The summed E-state index contributed by atoms with van der Waals surface area (Å²) in [7, 11) is -2.09. The number of hydrogen-bond acceptors (Lipinski definition) is 4. The summed E-state index contributed by atoms with van der Waals surface area (Å²) in [6, 6.07) is 7.16. The molecule has 0 bridgehead atoms. The van der Waals surface area contributed by atoms with Crippen molar-refractivity contribution < 1.29 is 17.9 Å². The van der Waals surface area contributed by atoms with Crippen LogP contribution in [0.3, 0.4) is 0 Å². The highest BCUT2D eigenvalue weighted by atomic mass is 35.5. The third-order valence-corrected chi connectivity index (χ3v) is 6.24. The van der Waals surface area contributed by atoms with Crippen molar-refractivity contribution in [2.45, 2.75) is 19.4 Å². The molecule has 0 aromatic heterocycles. The third kappa shape index (κ3) is 5.65. The maximum Gasteiger partial charge on any atom is 0.282 e. The van der Waals surface area contributed by atoms with Gasteiger partial charge in [-0.05, 0) is 24.5 Å². The average molecular weight is 390 g/mol. The summed E-state index contributed by atoms with van der Waals surface area (Å²) in [6.07, 6.45) is 1.36. The van der Waals surface area contributed by atoms with Crippen molar-refractivity contribution in [3.8, 4) is 0 Å². The molecule has 0 saturated carbocycles. The normalized spacial score (nSPS) is 18.2. The van der Waals surface area contributed by atoms with Crippen molar-refractivity contribution in [3.63, 3.8) is 0 Å². The number of ether oxygens (including phenoxy) is 1. The van der Waals surface area contributed by atoms with E-state index in [4.69, 9.17) is 16.3 Å². The molecule has 1 amide bonds. The van der Waals surface area contributed by atoms with E-state index in [1.807, 2.05) is 6.07 Å². The summed E-state index contributed by atoms with van der Waals surface area (Å²) >= 11 is 6.13. The van der Waals surface area contributed by atoms with Gasteiger partial charge in [-0.1, -0.05) is 29.8 Å². The molecular formula is C16H24ClN3O4S. The maximum atomic E-state index is 12.7. The lowest BCUT2D eigenvalue weighted by Crippen LogP contribution is -2.52. The van der Waals surface area contributed by atoms with Gasteiger partial charge in [0.25, 0.3) is 10.2 Å². The standard InChI is InChI=1S/C16H24ClN3O4S/c1-24-11-4-8-18-16(21)13-20-10-5-9-19(25(20,22)23)12-14-6-2-3-7-15(14)17/h2-3,6-7H,4-5,8-13H2,1H3,(H,18,21). The Morgan fingerprint density at radius 2 is 2.00 bits per heavy atom. The summed E-state index contributed by atoms with van der Waals surface area (Å²) in [5, 5.41) is 3.24. The van der Waals surface area contributed by atoms with E-state index in [2.05, 4.69) is 5.32 Å². The van der Waals surface area contributed by atoms with Crippen LogP contribution in [-0.2, 0) is 26.3 Å². The molecule has 1 aromatic rings. The SMILES string of the molecule is COCCCNC(=O)CN1CCCN(Cc2ccccc2Cl)S1(=O)=O. The number of carbonyl (C=O) groups excluding carboxylic acids is 1. The molecule has 0 spiro atoms. The van der Waals surface area contributed by atoms with Gasteiger partial charge < -0.3 is 10.1 Å². The van der Waals surface area contributed by atoms with Gasteiger partial charge in [0.05, 0.1) is 6.54 Å². The number of rotatable bonds is 8. The first-order valence-corrected chi connectivity index (χ1v) is 9.97. The molecule has 0 aliphatic carbocycles. The second-order valence-electron chi connectivity index (χ2n) is 5.82. The average Bonchev–Trinajstić information content (AvgIpc) is 2.57. The van der Waals surface area contributed by atoms with E-state index in [9.17, 15) is 13.2 Å². The maximum absolute atomic E-state index is 12.7. The van der Waals surface area contributed by atoms with Crippen LogP contribution in [0.5, 0.6) is 0 Å². The van der Waals surface area contributed by atoms with E-state index in [1.165, 1.54) is 8.61 Å². The number of benzene rings is 1. The molecule has 1 aliphatic rings. The summed E-state index contributed by atoms with van der Waals surface area (Å²) in [5.74, 6) is -0.306. The Kier molecular flexibility index (Phi) is 7.64. The van der Waals surface area contributed by atoms with Crippen LogP contribution in [-0.4, -0.2) is 62.8 Å². The van der Waals surface area contributed by atoms with Crippen molar-refractivity contribution >= 4 is 27.7 Å². The van der Waals surface area contributed by atoms with Gasteiger partial charge >= 0.3 is 0 Å². The Morgan fingerprint density at radius 3 is 2.72 bits per heavy atom. The Balaban J connectivity index is 1.97. The minimum absolute atomic E-state index is 0.172. The fourth-order valence-corrected chi connectivity index (χ4v) is 4.44. The zero-order valence-corrected chi connectivity index (χ0v) is 15.9. The van der Waals surface area contributed by atoms with Gasteiger partial charge in [-0.15, -0.1) is 0 Å². The van der Waals surface area contributed by atoms with Crippen molar-refractivity contribution in [1.29, 1.82) is 0 Å². The Labute approximate surface area is 154 Å². The summed E-state index contributed by atoms with van der Waals surface area (Å²) < 4.78 is 33.0. The molecule has 1 fully saturated rings. The Morgan fingerprint density at radius 1 is 1.28 bits per heavy atom. The highest BCUT2D eigenvalue weighted by Gasteiger charge is 2.34. The number of carbonyl (C=O) groups is 1. The van der Waals surface area contributed by atoms with E-state index in [-0.39, 0.29) is 19.0 Å². The second kappa shape index (κ2) is 9.49. The first-order valence-electron chi connectivity index (χ1n) is 8.19. The van der Waals surface area contributed by atoms with E-state index < -0.39 is 10.2 Å². The number of hydrogen-bond donors (Lipinski definition) is 1. The second-order valence-corrected chi connectivity index (χ2v) is 8.15. The number of nitrogens with zero attached hydrogens (tertiary/aromatic N) is 2.